The minimum Gasteiger partial charge on any atom is -0.454 e. The van der Waals surface area contributed by atoms with Crippen LogP contribution in [0.25, 0.3) is 0 Å². The van der Waals surface area contributed by atoms with E-state index in [1.54, 1.807) is 17.8 Å². The van der Waals surface area contributed by atoms with Crippen LogP contribution in [0.2, 0.25) is 10.0 Å². The summed E-state index contributed by atoms with van der Waals surface area (Å²) < 4.78 is 15.1. The van der Waals surface area contributed by atoms with Crippen LogP contribution < -0.4 is 20.8 Å². The molecular weight excluding hydrogens is 547 g/mol. The number of halogens is 2. The molecule has 3 N–H and O–H groups in total. The number of amides is 4. The zero-order valence-electron chi connectivity index (χ0n) is 20.3. The monoisotopic (exact) mass is 570 g/mol. The lowest BCUT2D eigenvalue weighted by molar-refractivity contribution is -0.118. The zero-order chi connectivity index (χ0) is 27.5. The first-order chi connectivity index (χ1) is 17.6. The molecule has 0 saturated carbocycles. The molecule has 0 atom stereocenters. The number of rotatable bonds is 9. The Balaban J connectivity index is 2.28. The molecule has 0 saturated heterocycles. The van der Waals surface area contributed by atoms with Crippen molar-refractivity contribution < 1.29 is 33.4 Å². The van der Waals surface area contributed by atoms with Gasteiger partial charge in [0.1, 0.15) is 5.75 Å². The Bertz CT molecular complexity index is 1170. The van der Waals surface area contributed by atoms with Crippen molar-refractivity contribution >= 4 is 70.4 Å². The molecule has 0 aromatic heterocycles. The molecular formula is C23H24Cl2N4O7S. The first kappa shape index (κ1) is 29.7. The fourth-order valence-electron chi connectivity index (χ4n) is 2.72. The van der Waals surface area contributed by atoms with Crippen LogP contribution in [-0.4, -0.2) is 49.2 Å². The number of ether oxygens (including phenoxy) is 3. The van der Waals surface area contributed by atoms with Gasteiger partial charge in [0, 0.05) is 4.90 Å². The van der Waals surface area contributed by atoms with Gasteiger partial charge in [-0.25, -0.2) is 9.59 Å². The molecule has 0 bridgehead atoms. The molecule has 0 aliphatic carbocycles. The Kier molecular flexibility index (Phi) is 11.5. The van der Waals surface area contributed by atoms with Crippen LogP contribution in [0.4, 0.5) is 15.3 Å². The number of benzene rings is 2. The summed E-state index contributed by atoms with van der Waals surface area (Å²) in [5.74, 6) is -1.79. The molecule has 11 nitrogen and oxygen atoms in total. The van der Waals surface area contributed by atoms with Gasteiger partial charge in [0.2, 0.25) is 5.71 Å². The molecule has 2 aromatic carbocycles. The van der Waals surface area contributed by atoms with Gasteiger partial charge < -0.3 is 14.2 Å². The van der Waals surface area contributed by atoms with Crippen LogP contribution in [0.3, 0.4) is 0 Å². The second kappa shape index (κ2) is 14.3. The number of alkyl carbamates (subject to hydrolysis) is 2. The number of hydrogen-bond donors (Lipinski definition) is 3. The minimum atomic E-state index is -1.24. The summed E-state index contributed by atoms with van der Waals surface area (Å²) in [5.41, 5.74) is 2.75. The highest BCUT2D eigenvalue weighted by Crippen LogP contribution is 2.39. The highest BCUT2D eigenvalue weighted by Gasteiger charge is 2.25. The molecule has 0 heterocycles. The predicted octanol–water partition coefficient (Wildman–Crippen LogP) is 5.13. The van der Waals surface area contributed by atoms with Gasteiger partial charge in [0.05, 0.1) is 28.9 Å². The van der Waals surface area contributed by atoms with Crippen molar-refractivity contribution in [3.05, 3.63) is 45.9 Å². The molecule has 37 heavy (non-hydrogen) atoms. The van der Waals surface area contributed by atoms with Crippen molar-refractivity contribution in [3.63, 3.8) is 0 Å². The van der Waals surface area contributed by atoms with E-state index in [9.17, 15) is 19.2 Å². The van der Waals surface area contributed by atoms with Crippen LogP contribution in [0.5, 0.6) is 11.5 Å². The molecule has 198 valence electrons. The van der Waals surface area contributed by atoms with Gasteiger partial charge in [-0.15, -0.1) is 11.8 Å². The first-order valence-electron chi connectivity index (χ1n) is 10.7. The number of hydrogen-bond acceptors (Lipinski definition) is 10. The van der Waals surface area contributed by atoms with Gasteiger partial charge >= 0.3 is 12.2 Å². The Morgan fingerprint density at radius 2 is 1.46 bits per heavy atom. The summed E-state index contributed by atoms with van der Waals surface area (Å²) in [6.45, 7) is 4.95. The molecule has 0 fully saturated rings. The Hall–Kier alpha value is -3.48. The van der Waals surface area contributed by atoms with Crippen molar-refractivity contribution in [1.82, 2.24) is 10.6 Å². The average Bonchev–Trinajstić information content (AvgIpc) is 2.82. The molecule has 14 heteroatoms. The average molecular weight is 571 g/mol. The summed E-state index contributed by atoms with van der Waals surface area (Å²) in [6.07, 6.45) is -0.257. The SMILES string of the molecule is CCOC(=O)NC(=O)C(=NNc1cc(Cl)c(Oc2ccc(SC)c(C)c2)c(Cl)c1)C(=O)NC(=O)OCC. The molecule has 4 amide bonds. The summed E-state index contributed by atoms with van der Waals surface area (Å²) in [5, 5.41) is 7.55. The van der Waals surface area contributed by atoms with Crippen molar-refractivity contribution in [2.45, 2.75) is 25.7 Å². The third kappa shape index (κ3) is 8.85. The van der Waals surface area contributed by atoms with Crippen LogP contribution in [0, 0.1) is 6.92 Å². The fourth-order valence-corrected chi connectivity index (χ4v) is 3.87. The number of hydrazone groups is 1. The van der Waals surface area contributed by atoms with E-state index in [2.05, 4.69) is 20.0 Å². The van der Waals surface area contributed by atoms with E-state index >= 15 is 0 Å². The molecule has 2 rings (SSSR count). The number of nitrogens with zero attached hydrogens (tertiary/aromatic N) is 1. The minimum absolute atomic E-state index is 0.0223. The Morgan fingerprint density at radius 1 is 0.919 bits per heavy atom. The quantitative estimate of drug-likeness (QED) is 0.161. The Labute approximate surface area is 227 Å². The third-order valence-electron chi connectivity index (χ3n) is 4.29. The number of carbonyl (C=O) groups excluding carboxylic acids is 4. The van der Waals surface area contributed by atoms with Gasteiger partial charge in [-0.05, 0) is 62.9 Å². The van der Waals surface area contributed by atoms with E-state index in [-0.39, 0.29) is 34.7 Å². The lowest BCUT2D eigenvalue weighted by atomic mass is 10.2. The molecule has 0 unspecified atom stereocenters. The van der Waals surface area contributed by atoms with Crippen LogP contribution >= 0.6 is 35.0 Å². The molecule has 2 aromatic rings. The molecule has 0 radical (unpaired) electrons. The van der Waals surface area contributed by atoms with Crippen LogP contribution in [0.15, 0.2) is 40.3 Å². The second-order valence-electron chi connectivity index (χ2n) is 6.92. The van der Waals surface area contributed by atoms with Crippen molar-refractivity contribution in [2.24, 2.45) is 5.10 Å². The number of thioether (sulfide) groups is 1. The van der Waals surface area contributed by atoms with Gasteiger partial charge in [-0.3, -0.25) is 25.6 Å². The van der Waals surface area contributed by atoms with Gasteiger partial charge in [-0.2, -0.15) is 5.10 Å². The summed E-state index contributed by atoms with van der Waals surface area (Å²) in [6, 6.07) is 8.30. The predicted molar refractivity (Wildman–Crippen MR) is 141 cm³/mol. The van der Waals surface area contributed by atoms with Crippen LogP contribution in [0.1, 0.15) is 19.4 Å². The van der Waals surface area contributed by atoms with E-state index < -0.39 is 29.7 Å². The topological polar surface area (TPSA) is 144 Å². The zero-order valence-corrected chi connectivity index (χ0v) is 22.6. The number of imide groups is 2. The number of carbonyl (C=O) groups is 4. The smallest absolute Gasteiger partial charge is 0.414 e. The van der Waals surface area contributed by atoms with E-state index in [1.165, 1.54) is 26.0 Å². The van der Waals surface area contributed by atoms with E-state index in [0.717, 1.165) is 10.5 Å². The lowest BCUT2D eigenvalue weighted by Gasteiger charge is -2.13. The summed E-state index contributed by atoms with van der Waals surface area (Å²) in [7, 11) is 0. The largest absolute Gasteiger partial charge is 0.454 e. The number of nitrogens with one attached hydrogen (secondary N) is 3. The van der Waals surface area contributed by atoms with E-state index in [0.29, 0.717) is 5.75 Å². The van der Waals surface area contributed by atoms with Gasteiger partial charge in [-0.1, -0.05) is 23.2 Å². The maximum absolute atomic E-state index is 12.4. The number of aryl methyl sites for hydroxylation is 1. The molecule has 0 aliphatic rings. The molecule has 0 aliphatic heterocycles. The fraction of sp³-hybridized carbons (Fsp3) is 0.261. The standard InChI is InChI=1S/C23H24Cl2N4O7S/c1-5-34-22(32)26-20(30)18(21(31)27-23(33)35-6-2)29-28-13-10-15(24)19(16(25)11-13)36-14-7-8-17(37-4)12(3)9-14/h7-11,28H,5-6H2,1-4H3,(H,26,30,32)(H,27,31,33). The van der Waals surface area contributed by atoms with Gasteiger partial charge in [0.15, 0.2) is 5.75 Å². The molecule has 0 spiro atoms. The van der Waals surface area contributed by atoms with E-state index in [4.69, 9.17) is 27.9 Å². The van der Waals surface area contributed by atoms with Crippen LogP contribution in [-0.2, 0) is 19.1 Å². The van der Waals surface area contributed by atoms with Crippen molar-refractivity contribution in [3.8, 4) is 11.5 Å². The highest BCUT2D eigenvalue weighted by molar-refractivity contribution is 7.98. The maximum Gasteiger partial charge on any atom is 0.414 e. The van der Waals surface area contributed by atoms with Gasteiger partial charge in [0.25, 0.3) is 11.8 Å². The maximum atomic E-state index is 12.4. The van der Waals surface area contributed by atoms with Crippen molar-refractivity contribution in [2.75, 3.05) is 24.9 Å². The summed E-state index contributed by atoms with van der Waals surface area (Å²) in [4.78, 5) is 49.2. The summed E-state index contributed by atoms with van der Waals surface area (Å²) >= 11 is 14.3. The number of anilines is 1. The highest BCUT2D eigenvalue weighted by atomic mass is 35.5. The normalized spacial score (nSPS) is 10.1. The lowest BCUT2D eigenvalue weighted by Crippen LogP contribution is -2.46. The Morgan fingerprint density at radius 3 is 1.92 bits per heavy atom. The first-order valence-corrected chi connectivity index (χ1v) is 12.7. The third-order valence-corrected chi connectivity index (χ3v) is 5.75. The van der Waals surface area contributed by atoms with E-state index in [1.807, 2.05) is 35.9 Å². The second-order valence-corrected chi connectivity index (χ2v) is 8.59. The van der Waals surface area contributed by atoms with Crippen molar-refractivity contribution in [1.29, 1.82) is 0 Å².